The molecule has 1 aromatic carbocycles. The summed E-state index contributed by atoms with van der Waals surface area (Å²) in [4.78, 5) is 6.19. The molecule has 0 amide bonds. The second-order valence-electron chi connectivity index (χ2n) is 4.24. The molecule has 102 valence electrons. The number of nitrogens with zero attached hydrogens (tertiary/aromatic N) is 3. The summed E-state index contributed by atoms with van der Waals surface area (Å²) in [6.45, 7) is 1.24. The molecule has 4 nitrogen and oxygen atoms in total. The van der Waals surface area contributed by atoms with Gasteiger partial charge in [0.25, 0.3) is 0 Å². The van der Waals surface area contributed by atoms with Gasteiger partial charge in [-0.15, -0.1) is 0 Å². The van der Waals surface area contributed by atoms with Crippen LogP contribution in [-0.2, 0) is 0 Å². The van der Waals surface area contributed by atoms with Crippen LogP contribution >= 0.6 is 11.6 Å². The van der Waals surface area contributed by atoms with E-state index in [2.05, 4.69) is 4.98 Å². The van der Waals surface area contributed by atoms with Crippen LogP contribution in [0.1, 0.15) is 5.56 Å². The van der Waals surface area contributed by atoms with Gasteiger partial charge in [0.15, 0.2) is 0 Å². The van der Waals surface area contributed by atoms with Crippen LogP contribution in [0.3, 0.4) is 0 Å². The van der Waals surface area contributed by atoms with Crippen molar-refractivity contribution < 1.29 is 4.74 Å². The van der Waals surface area contributed by atoms with Crippen LogP contribution in [0.15, 0.2) is 42.6 Å². The Bertz CT molecular complexity index is 590. The number of pyridine rings is 1. The maximum atomic E-state index is 8.72. The van der Waals surface area contributed by atoms with Gasteiger partial charge in [0.2, 0.25) is 0 Å². The number of benzene rings is 1. The van der Waals surface area contributed by atoms with Gasteiger partial charge in [0.05, 0.1) is 12.1 Å². The van der Waals surface area contributed by atoms with Gasteiger partial charge in [-0.1, -0.05) is 11.6 Å². The molecule has 0 fully saturated rings. The summed E-state index contributed by atoms with van der Waals surface area (Å²) in [5, 5.41) is 9.41. The van der Waals surface area contributed by atoms with Gasteiger partial charge < -0.3 is 9.64 Å². The van der Waals surface area contributed by atoms with Crippen molar-refractivity contribution in [2.24, 2.45) is 0 Å². The van der Waals surface area contributed by atoms with Gasteiger partial charge in [-0.25, -0.2) is 4.98 Å². The molecule has 0 saturated carbocycles. The zero-order valence-corrected chi connectivity index (χ0v) is 11.8. The summed E-state index contributed by atoms with van der Waals surface area (Å²) in [5.41, 5.74) is 0.555. The number of halogens is 1. The van der Waals surface area contributed by atoms with Crippen molar-refractivity contribution in [1.82, 2.24) is 4.98 Å². The molecule has 2 rings (SSSR count). The average molecular weight is 288 g/mol. The van der Waals surface area contributed by atoms with E-state index in [1.165, 1.54) is 0 Å². The van der Waals surface area contributed by atoms with Gasteiger partial charge in [-0.2, -0.15) is 5.26 Å². The number of anilines is 1. The summed E-state index contributed by atoms with van der Waals surface area (Å²) < 4.78 is 5.62. The fourth-order valence-corrected chi connectivity index (χ4v) is 1.75. The van der Waals surface area contributed by atoms with E-state index in [-0.39, 0.29) is 0 Å². The molecule has 0 aliphatic carbocycles. The highest BCUT2D eigenvalue weighted by Gasteiger charge is 2.03. The molecule has 1 heterocycles. The second-order valence-corrected chi connectivity index (χ2v) is 4.68. The highest BCUT2D eigenvalue weighted by molar-refractivity contribution is 6.30. The first-order valence-corrected chi connectivity index (χ1v) is 6.52. The van der Waals surface area contributed by atoms with Crippen molar-refractivity contribution >= 4 is 17.4 Å². The molecule has 2 aromatic rings. The van der Waals surface area contributed by atoms with Gasteiger partial charge >= 0.3 is 0 Å². The second kappa shape index (κ2) is 6.78. The number of nitriles is 1. The van der Waals surface area contributed by atoms with Gasteiger partial charge in [-0.3, -0.25) is 0 Å². The molecule has 0 saturated heterocycles. The van der Waals surface area contributed by atoms with Crippen LogP contribution < -0.4 is 9.64 Å². The lowest BCUT2D eigenvalue weighted by Crippen LogP contribution is -2.24. The Kier molecular flexibility index (Phi) is 4.80. The van der Waals surface area contributed by atoms with Crippen LogP contribution in [0.4, 0.5) is 5.82 Å². The van der Waals surface area contributed by atoms with Crippen LogP contribution in [0, 0.1) is 11.3 Å². The Balaban J connectivity index is 1.84. The van der Waals surface area contributed by atoms with Crippen molar-refractivity contribution in [2.45, 2.75) is 0 Å². The van der Waals surface area contributed by atoms with Crippen LogP contribution in [0.25, 0.3) is 0 Å². The topological polar surface area (TPSA) is 49.1 Å². The van der Waals surface area contributed by atoms with E-state index in [9.17, 15) is 0 Å². The lowest BCUT2D eigenvalue weighted by molar-refractivity contribution is 0.325. The molecule has 0 spiro atoms. The SMILES string of the molecule is CN(CCOc1ccc(Cl)cc1)c1ccc(C#N)cn1. The zero-order valence-electron chi connectivity index (χ0n) is 11.1. The first-order chi connectivity index (χ1) is 9.69. The normalized spacial score (nSPS) is 9.85. The summed E-state index contributed by atoms with van der Waals surface area (Å²) in [7, 11) is 1.93. The number of rotatable bonds is 5. The standard InChI is InChI=1S/C15H14ClN3O/c1-19(15-7-2-12(10-17)11-18-15)8-9-20-14-5-3-13(16)4-6-14/h2-7,11H,8-9H2,1H3. The molecule has 0 aliphatic heterocycles. The first kappa shape index (κ1) is 14.2. The minimum atomic E-state index is 0.541. The van der Waals surface area contributed by atoms with Gasteiger partial charge in [-0.05, 0) is 36.4 Å². The van der Waals surface area contributed by atoms with E-state index in [1.807, 2.05) is 36.2 Å². The minimum absolute atomic E-state index is 0.541. The molecule has 0 unspecified atom stereocenters. The van der Waals surface area contributed by atoms with Crippen LogP contribution in [-0.4, -0.2) is 25.2 Å². The number of hydrogen-bond donors (Lipinski definition) is 0. The summed E-state index contributed by atoms with van der Waals surface area (Å²) in [6, 6.07) is 12.9. The van der Waals surface area contributed by atoms with Crippen LogP contribution in [0.2, 0.25) is 5.02 Å². The lowest BCUT2D eigenvalue weighted by Gasteiger charge is -2.18. The number of aromatic nitrogens is 1. The Hall–Kier alpha value is -2.25. The number of likely N-dealkylation sites (N-methyl/N-ethyl adjacent to an activating group) is 1. The molecular weight excluding hydrogens is 274 g/mol. The quantitative estimate of drug-likeness (QED) is 0.848. The fourth-order valence-electron chi connectivity index (χ4n) is 1.62. The highest BCUT2D eigenvalue weighted by Crippen LogP contribution is 2.15. The van der Waals surface area contributed by atoms with E-state index < -0.39 is 0 Å². The number of hydrogen-bond acceptors (Lipinski definition) is 4. The van der Waals surface area contributed by atoms with Crippen molar-refractivity contribution in [3.8, 4) is 11.8 Å². The molecule has 0 bridgehead atoms. The Morgan fingerprint density at radius 1 is 1.25 bits per heavy atom. The largest absolute Gasteiger partial charge is 0.492 e. The molecule has 0 atom stereocenters. The third kappa shape index (κ3) is 3.87. The smallest absolute Gasteiger partial charge is 0.128 e. The molecular formula is C15H14ClN3O. The molecule has 20 heavy (non-hydrogen) atoms. The van der Waals surface area contributed by atoms with Crippen molar-refractivity contribution in [1.29, 1.82) is 5.26 Å². The molecule has 5 heteroatoms. The van der Waals surface area contributed by atoms with E-state index in [4.69, 9.17) is 21.6 Å². The number of ether oxygens (including phenoxy) is 1. The Labute approximate surface area is 123 Å². The molecule has 0 radical (unpaired) electrons. The van der Waals surface area contributed by atoms with Crippen molar-refractivity contribution in [3.63, 3.8) is 0 Å². The van der Waals surface area contributed by atoms with Gasteiger partial charge in [0.1, 0.15) is 24.2 Å². The van der Waals surface area contributed by atoms with Crippen molar-refractivity contribution in [3.05, 3.63) is 53.2 Å². The summed E-state index contributed by atoms with van der Waals surface area (Å²) >= 11 is 5.81. The summed E-state index contributed by atoms with van der Waals surface area (Å²) in [6.07, 6.45) is 1.56. The monoisotopic (exact) mass is 287 g/mol. The third-order valence-corrected chi connectivity index (χ3v) is 3.03. The maximum Gasteiger partial charge on any atom is 0.128 e. The molecule has 1 aromatic heterocycles. The highest BCUT2D eigenvalue weighted by atomic mass is 35.5. The van der Waals surface area contributed by atoms with E-state index in [0.29, 0.717) is 23.7 Å². The predicted octanol–water partition coefficient (Wildman–Crippen LogP) is 3.12. The summed E-state index contributed by atoms with van der Waals surface area (Å²) in [5.74, 6) is 1.60. The molecule has 0 aliphatic rings. The Morgan fingerprint density at radius 3 is 2.60 bits per heavy atom. The van der Waals surface area contributed by atoms with Gasteiger partial charge in [0, 0.05) is 18.3 Å². The van der Waals surface area contributed by atoms with E-state index >= 15 is 0 Å². The predicted molar refractivity (Wildman–Crippen MR) is 79.2 cm³/mol. The minimum Gasteiger partial charge on any atom is -0.492 e. The fraction of sp³-hybridized carbons (Fsp3) is 0.200. The van der Waals surface area contributed by atoms with E-state index in [1.54, 1.807) is 24.4 Å². The third-order valence-electron chi connectivity index (χ3n) is 2.78. The zero-order chi connectivity index (χ0) is 14.4. The van der Waals surface area contributed by atoms with E-state index in [0.717, 1.165) is 11.6 Å². The average Bonchev–Trinajstić information content (AvgIpc) is 2.49. The first-order valence-electron chi connectivity index (χ1n) is 6.14. The Morgan fingerprint density at radius 2 is 2.00 bits per heavy atom. The van der Waals surface area contributed by atoms with Crippen molar-refractivity contribution in [2.75, 3.05) is 25.1 Å². The van der Waals surface area contributed by atoms with Crippen LogP contribution in [0.5, 0.6) is 5.75 Å². The molecule has 0 N–H and O–H groups in total. The lowest BCUT2D eigenvalue weighted by atomic mass is 10.3. The maximum absolute atomic E-state index is 8.72.